The number of hydrogen-bond donors (Lipinski definition) is 1. The van der Waals surface area contributed by atoms with Crippen LogP contribution < -0.4 is 0 Å². The zero-order chi connectivity index (χ0) is 14.4. The first kappa shape index (κ1) is 16.2. The van der Waals surface area contributed by atoms with Gasteiger partial charge in [0.15, 0.2) is 0 Å². The van der Waals surface area contributed by atoms with Crippen molar-refractivity contribution in [2.45, 2.75) is 32.5 Å². The van der Waals surface area contributed by atoms with E-state index in [-0.39, 0.29) is 6.10 Å². The first-order valence-corrected chi connectivity index (χ1v) is 7.95. The Balaban J connectivity index is 1.61. The molecule has 2 aliphatic heterocycles. The van der Waals surface area contributed by atoms with Crippen molar-refractivity contribution in [3.05, 3.63) is 0 Å². The van der Waals surface area contributed by atoms with Crippen LogP contribution in [0.4, 0.5) is 0 Å². The van der Waals surface area contributed by atoms with Crippen LogP contribution in [0.2, 0.25) is 0 Å². The SMILES string of the molecule is CC(C)COC1CCN(CC(O)CN2CCOCC2)C1. The second kappa shape index (κ2) is 8.29. The lowest BCUT2D eigenvalue weighted by molar-refractivity contribution is 0.00539. The van der Waals surface area contributed by atoms with E-state index in [4.69, 9.17) is 9.47 Å². The van der Waals surface area contributed by atoms with Gasteiger partial charge in [0.25, 0.3) is 0 Å². The highest BCUT2D eigenvalue weighted by molar-refractivity contribution is 4.79. The quantitative estimate of drug-likeness (QED) is 0.735. The third-order valence-corrected chi connectivity index (χ3v) is 3.94. The van der Waals surface area contributed by atoms with Crippen molar-refractivity contribution in [2.24, 2.45) is 5.92 Å². The van der Waals surface area contributed by atoms with Gasteiger partial charge in [-0.25, -0.2) is 0 Å². The first-order valence-electron chi connectivity index (χ1n) is 7.95. The molecule has 2 fully saturated rings. The molecule has 2 heterocycles. The van der Waals surface area contributed by atoms with Gasteiger partial charge < -0.3 is 14.6 Å². The third-order valence-electron chi connectivity index (χ3n) is 3.94. The maximum absolute atomic E-state index is 10.2. The molecule has 5 nitrogen and oxygen atoms in total. The molecule has 0 aromatic rings. The topological polar surface area (TPSA) is 45.2 Å². The van der Waals surface area contributed by atoms with Gasteiger partial charge in [-0.2, -0.15) is 0 Å². The Morgan fingerprint density at radius 2 is 1.85 bits per heavy atom. The van der Waals surface area contributed by atoms with Crippen LogP contribution in [0.15, 0.2) is 0 Å². The van der Waals surface area contributed by atoms with Crippen LogP contribution in [0.1, 0.15) is 20.3 Å². The number of rotatable bonds is 7. The van der Waals surface area contributed by atoms with Gasteiger partial charge >= 0.3 is 0 Å². The average molecular weight is 286 g/mol. The molecule has 2 unspecified atom stereocenters. The molecule has 0 aromatic heterocycles. The number of ether oxygens (including phenoxy) is 2. The van der Waals surface area contributed by atoms with E-state index in [2.05, 4.69) is 23.6 Å². The van der Waals surface area contributed by atoms with E-state index < -0.39 is 0 Å². The highest BCUT2D eigenvalue weighted by Gasteiger charge is 2.25. The summed E-state index contributed by atoms with van der Waals surface area (Å²) in [6.45, 7) is 12.2. The summed E-state index contributed by atoms with van der Waals surface area (Å²) < 4.78 is 11.2. The van der Waals surface area contributed by atoms with Crippen molar-refractivity contribution < 1.29 is 14.6 Å². The van der Waals surface area contributed by atoms with E-state index in [1.165, 1.54) is 0 Å². The number of morpholine rings is 1. The maximum atomic E-state index is 10.2. The van der Waals surface area contributed by atoms with E-state index in [9.17, 15) is 5.11 Å². The minimum absolute atomic E-state index is 0.267. The lowest BCUT2D eigenvalue weighted by Crippen LogP contribution is -2.44. The summed E-state index contributed by atoms with van der Waals surface area (Å²) in [4.78, 5) is 4.62. The Morgan fingerprint density at radius 3 is 2.55 bits per heavy atom. The molecule has 0 aliphatic carbocycles. The lowest BCUT2D eigenvalue weighted by Gasteiger charge is -2.30. The highest BCUT2D eigenvalue weighted by atomic mass is 16.5. The van der Waals surface area contributed by atoms with Crippen molar-refractivity contribution in [3.63, 3.8) is 0 Å². The van der Waals surface area contributed by atoms with Gasteiger partial charge in [-0.1, -0.05) is 13.8 Å². The highest BCUT2D eigenvalue weighted by Crippen LogP contribution is 2.14. The fourth-order valence-electron chi connectivity index (χ4n) is 2.87. The molecule has 1 N–H and O–H groups in total. The number of nitrogens with zero attached hydrogens (tertiary/aromatic N) is 2. The normalized spacial score (nSPS) is 27.3. The van der Waals surface area contributed by atoms with Crippen LogP contribution in [0, 0.1) is 5.92 Å². The summed E-state index contributed by atoms with van der Waals surface area (Å²) >= 11 is 0. The smallest absolute Gasteiger partial charge is 0.0793 e. The Bertz CT molecular complexity index is 270. The Labute approximate surface area is 122 Å². The number of aliphatic hydroxyl groups excluding tert-OH is 1. The Morgan fingerprint density at radius 1 is 1.15 bits per heavy atom. The van der Waals surface area contributed by atoms with Gasteiger partial charge in [0, 0.05) is 45.9 Å². The van der Waals surface area contributed by atoms with Crippen LogP contribution in [0.3, 0.4) is 0 Å². The molecular formula is C15H30N2O3. The van der Waals surface area contributed by atoms with Gasteiger partial charge in [0.1, 0.15) is 0 Å². The van der Waals surface area contributed by atoms with Crippen molar-refractivity contribution >= 4 is 0 Å². The monoisotopic (exact) mass is 286 g/mol. The largest absolute Gasteiger partial charge is 0.390 e. The van der Waals surface area contributed by atoms with Crippen LogP contribution in [0.5, 0.6) is 0 Å². The molecule has 0 aromatic carbocycles. The van der Waals surface area contributed by atoms with Crippen LogP contribution >= 0.6 is 0 Å². The maximum Gasteiger partial charge on any atom is 0.0793 e. The number of β-amino-alcohol motifs (C(OH)–C–C–N with tert-alkyl or cyclic N) is 1. The third kappa shape index (κ3) is 5.66. The summed E-state index contributed by atoms with van der Waals surface area (Å²) in [5, 5.41) is 10.2. The molecule has 2 saturated heterocycles. The summed E-state index contributed by atoms with van der Waals surface area (Å²) in [5.41, 5.74) is 0. The molecule has 20 heavy (non-hydrogen) atoms. The van der Waals surface area contributed by atoms with E-state index >= 15 is 0 Å². The fourth-order valence-corrected chi connectivity index (χ4v) is 2.87. The van der Waals surface area contributed by atoms with Crippen LogP contribution in [-0.4, -0.2) is 86.2 Å². The predicted molar refractivity (Wildman–Crippen MR) is 78.9 cm³/mol. The molecule has 2 aliphatic rings. The second-order valence-electron chi connectivity index (χ2n) is 6.46. The summed E-state index contributed by atoms with van der Waals surface area (Å²) in [5.74, 6) is 0.593. The van der Waals surface area contributed by atoms with Crippen LogP contribution in [-0.2, 0) is 9.47 Å². The minimum atomic E-state index is -0.267. The van der Waals surface area contributed by atoms with Crippen molar-refractivity contribution in [1.29, 1.82) is 0 Å². The van der Waals surface area contributed by atoms with Crippen LogP contribution in [0.25, 0.3) is 0 Å². The fraction of sp³-hybridized carbons (Fsp3) is 1.00. The number of aliphatic hydroxyl groups is 1. The van der Waals surface area contributed by atoms with E-state index in [1.807, 2.05) is 0 Å². The van der Waals surface area contributed by atoms with Gasteiger partial charge in [0.2, 0.25) is 0 Å². The number of hydrogen-bond acceptors (Lipinski definition) is 5. The molecule has 0 spiro atoms. The summed E-state index contributed by atoms with van der Waals surface area (Å²) in [7, 11) is 0. The Hall–Kier alpha value is -0.200. The minimum Gasteiger partial charge on any atom is -0.390 e. The molecule has 0 bridgehead atoms. The summed E-state index contributed by atoms with van der Waals surface area (Å²) in [6.07, 6.45) is 1.18. The first-order chi connectivity index (χ1) is 9.63. The average Bonchev–Trinajstić information content (AvgIpc) is 2.85. The van der Waals surface area contributed by atoms with Gasteiger partial charge in [-0.05, 0) is 12.3 Å². The Kier molecular flexibility index (Phi) is 6.71. The zero-order valence-electron chi connectivity index (χ0n) is 13.0. The molecule has 2 rings (SSSR count). The lowest BCUT2D eigenvalue weighted by atomic mass is 10.2. The van der Waals surface area contributed by atoms with E-state index in [0.29, 0.717) is 12.0 Å². The second-order valence-corrected chi connectivity index (χ2v) is 6.46. The number of likely N-dealkylation sites (tertiary alicyclic amines) is 1. The predicted octanol–water partition coefficient (Wildman–Crippen LogP) is 0.426. The van der Waals surface area contributed by atoms with Gasteiger partial charge in [-0.3, -0.25) is 9.80 Å². The molecule has 0 saturated carbocycles. The van der Waals surface area contributed by atoms with Crippen molar-refractivity contribution in [3.8, 4) is 0 Å². The molecule has 2 atom stereocenters. The standard InChI is InChI=1S/C15H30N2O3/c1-13(2)12-20-15-3-4-17(11-15)10-14(18)9-16-5-7-19-8-6-16/h13-15,18H,3-12H2,1-2H3. The molecule has 0 radical (unpaired) electrons. The zero-order valence-corrected chi connectivity index (χ0v) is 13.0. The van der Waals surface area contributed by atoms with Crippen molar-refractivity contribution in [2.75, 3.05) is 59.1 Å². The molecular weight excluding hydrogens is 256 g/mol. The van der Waals surface area contributed by atoms with Gasteiger partial charge in [0.05, 0.1) is 25.4 Å². The van der Waals surface area contributed by atoms with E-state index in [0.717, 1.165) is 65.5 Å². The van der Waals surface area contributed by atoms with E-state index in [1.54, 1.807) is 0 Å². The van der Waals surface area contributed by atoms with Crippen molar-refractivity contribution in [1.82, 2.24) is 9.80 Å². The molecule has 118 valence electrons. The molecule has 5 heteroatoms. The molecule has 0 amide bonds. The van der Waals surface area contributed by atoms with Gasteiger partial charge in [-0.15, -0.1) is 0 Å². The summed E-state index contributed by atoms with van der Waals surface area (Å²) in [6, 6.07) is 0.